The summed E-state index contributed by atoms with van der Waals surface area (Å²) < 4.78 is 26.9. The van der Waals surface area contributed by atoms with Gasteiger partial charge in [0.05, 0.1) is 10.6 Å². The summed E-state index contributed by atoms with van der Waals surface area (Å²) >= 11 is 1.46. The molecule has 106 valence electrons. The average Bonchev–Trinajstić information content (AvgIpc) is 3.14. The molecule has 20 heavy (non-hydrogen) atoms. The summed E-state index contributed by atoms with van der Waals surface area (Å²) in [5.74, 6) is 0. The summed E-state index contributed by atoms with van der Waals surface area (Å²) in [5, 5.41) is 7.01. The maximum absolute atomic E-state index is 12.2. The zero-order valence-corrected chi connectivity index (χ0v) is 12.5. The van der Waals surface area contributed by atoms with E-state index in [0.717, 1.165) is 12.1 Å². The van der Waals surface area contributed by atoms with Gasteiger partial charge in [-0.15, -0.1) is 0 Å². The standard InChI is InChI=1S/C14H16N2O2S2/c17-20(18,16-13-7-8-19-10-13)14-5-1-11(2-6-14)9-15-12-3-4-12/h1-2,5-8,10,12,15-16H,3-4,9H2. The number of rotatable bonds is 6. The summed E-state index contributed by atoms with van der Waals surface area (Å²) in [4.78, 5) is 0.291. The van der Waals surface area contributed by atoms with Crippen molar-refractivity contribution < 1.29 is 8.42 Å². The van der Waals surface area contributed by atoms with Crippen LogP contribution >= 0.6 is 11.3 Å². The maximum atomic E-state index is 12.2. The molecule has 0 radical (unpaired) electrons. The van der Waals surface area contributed by atoms with E-state index in [1.165, 1.54) is 24.2 Å². The third-order valence-corrected chi connectivity index (χ3v) is 5.26. The van der Waals surface area contributed by atoms with Crippen LogP contribution in [-0.4, -0.2) is 14.5 Å². The Bertz CT molecular complexity index is 660. The molecule has 1 aromatic heterocycles. The first-order valence-electron chi connectivity index (χ1n) is 6.51. The van der Waals surface area contributed by atoms with Crippen LogP contribution in [-0.2, 0) is 16.6 Å². The summed E-state index contributed by atoms with van der Waals surface area (Å²) in [7, 11) is -3.48. The molecule has 6 heteroatoms. The molecule has 1 heterocycles. The molecular weight excluding hydrogens is 292 g/mol. The summed E-state index contributed by atoms with van der Waals surface area (Å²) in [6.07, 6.45) is 2.49. The van der Waals surface area contributed by atoms with E-state index in [-0.39, 0.29) is 0 Å². The summed E-state index contributed by atoms with van der Waals surface area (Å²) in [6, 6.07) is 9.42. The number of benzene rings is 1. The fourth-order valence-electron chi connectivity index (χ4n) is 1.87. The first kappa shape index (κ1) is 13.6. The van der Waals surface area contributed by atoms with Gasteiger partial charge in [0.25, 0.3) is 10.0 Å². The Morgan fingerprint density at radius 3 is 2.50 bits per heavy atom. The third-order valence-electron chi connectivity index (χ3n) is 3.18. The first-order chi connectivity index (χ1) is 9.63. The molecule has 0 aliphatic heterocycles. The van der Waals surface area contributed by atoms with Crippen molar-refractivity contribution in [2.75, 3.05) is 4.72 Å². The second-order valence-electron chi connectivity index (χ2n) is 4.92. The van der Waals surface area contributed by atoms with E-state index in [1.807, 2.05) is 17.5 Å². The Kier molecular flexibility index (Phi) is 3.78. The monoisotopic (exact) mass is 308 g/mol. The van der Waals surface area contributed by atoms with E-state index in [1.54, 1.807) is 23.6 Å². The van der Waals surface area contributed by atoms with E-state index in [9.17, 15) is 8.42 Å². The fourth-order valence-corrected chi connectivity index (χ4v) is 3.58. The molecule has 1 aliphatic carbocycles. The molecule has 0 atom stereocenters. The molecule has 1 fully saturated rings. The van der Waals surface area contributed by atoms with Gasteiger partial charge in [0.1, 0.15) is 0 Å². The van der Waals surface area contributed by atoms with Gasteiger partial charge < -0.3 is 5.32 Å². The second kappa shape index (κ2) is 5.55. The second-order valence-corrected chi connectivity index (χ2v) is 7.38. The van der Waals surface area contributed by atoms with Crippen molar-refractivity contribution in [1.29, 1.82) is 0 Å². The van der Waals surface area contributed by atoms with Gasteiger partial charge >= 0.3 is 0 Å². The molecule has 2 aromatic rings. The number of nitrogens with one attached hydrogen (secondary N) is 2. The van der Waals surface area contributed by atoms with Gasteiger partial charge in [-0.2, -0.15) is 11.3 Å². The van der Waals surface area contributed by atoms with Crippen molar-refractivity contribution in [3.8, 4) is 0 Å². The van der Waals surface area contributed by atoms with Gasteiger partial charge in [-0.1, -0.05) is 12.1 Å². The average molecular weight is 308 g/mol. The third kappa shape index (κ3) is 3.39. The fraction of sp³-hybridized carbons (Fsp3) is 0.286. The molecule has 1 aromatic carbocycles. The lowest BCUT2D eigenvalue weighted by Crippen LogP contribution is -2.16. The minimum absolute atomic E-state index is 0.291. The molecule has 0 bridgehead atoms. The Labute approximate surface area is 122 Å². The molecule has 0 saturated heterocycles. The summed E-state index contributed by atoms with van der Waals surface area (Å²) in [5.41, 5.74) is 1.71. The van der Waals surface area contributed by atoms with Gasteiger partial charge in [0.2, 0.25) is 0 Å². The van der Waals surface area contributed by atoms with Crippen molar-refractivity contribution in [2.24, 2.45) is 0 Å². The largest absolute Gasteiger partial charge is 0.310 e. The number of sulfonamides is 1. The quantitative estimate of drug-likeness (QED) is 0.863. The molecule has 1 saturated carbocycles. The maximum Gasteiger partial charge on any atom is 0.261 e. The highest BCUT2D eigenvalue weighted by atomic mass is 32.2. The van der Waals surface area contributed by atoms with E-state index in [4.69, 9.17) is 0 Å². The lowest BCUT2D eigenvalue weighted by atomic mass is 10.2. The van der Waals surface area contributed by atoms with Gasteiger partial charge in [-0.3, -0.25) is 4.72 Å². The van der Waals surface area contributed by atoms with Gasteiger partial charge in [-0.25, -0.2) is 8.42 Å². The molecule has 1 aliphatic rings. The molecular formula is C14H16N2O2S2. The number of anilines is 1. The van der Waals surface area contributed by atoms with Crippen LogP contribution in [0.3, 0.4) is 0 Å². The van der Waals surface area contributed by atoms with Gasteiger partial charge in [-0.05, 0) is 42.0 Å². The van der Waals surface area contributed by atoms with E-state index < -0.39 is 10.0 Å². The molecule has 4 nitrogen and oxygen atoms in total. The Morgan fingerprint density at radius 2 is 1.90 bits per heavy atom. The first-order valence-corrected chi connectivity index (χ1v) is 8.93. The van der Waals surface area contributed by atoms with Crippen molar-refractivity contribution in [3.63, 3.8) is 0 Å². The van der Waals surface area contributed by atoms with Crippen LogP contribution in [0.15, 0.2) is 46.0 Å². The molecule has 3 rings (SSSR count). The highest BCUT2D eigenvalue weighted by molar-refractivity contribution is 7.92. The van der Waals surface area contributed by atoms with Gasteiger partial charge in [0.15, 0.2) is 0 Å². The topological polar surface area (TPSA) is 58.2 Å². The van der Waals surface area contributed by atoms with E-state index in [2.05, 4.69) is 10.0 Å². The van der Waals surface area contributed by atoms with Crippen molar-refractivity contribution in [2.45, 2.75) is 30.3 Å². The smallest absolute Gasteiger partial charge is 0.261 e. The van der Waals surface area contributed by atoms with Crippen LogP contribution in [0.2, 0.25) is 0 Å². The molecule has 0 spiro atoms. The predicted molar refractivity (Wildman–Crippen MR) is 81.4 cm³/mol. The normalized spacial score (nSPS) is 15.2. The Hall–Kier alpha value is -1.37. The van der Waals surface area contributed by atoms with Crippen molar-refractivity contribution >= 4 is 27.0 Å². The lowest BCUT2D eigenvalue weighted by molar-refractivity contribution is 0.601. The highest BCUT2D eigenvalue weighted by Gasteiger charge is 2.20. The minimum atomic E-state index is -3.48. The predicted octanol–water partition coefficient (Wildman–Crippen LogP) is 2.80. The van der Waals surface area contributed by atoms with Crippen molar-refractivity contribution in [3.05, 3.63) is 46.7 Å². The van der Waals surface area contributed by atoms with Crippen LogP contribution in [0.4, 0.5) is 5.69 Å². The van der Waals surface area contributed by atoms with Crippen LogP contribution in [0.5, 0.6) is 0 Å². The molecule has 2 N–H and O–H groups in total. The lowest BCUT2D eigenvalue weighted by Gasteiger charge is -2.08. The van der Waals surface area contributed by atoms with Gasteiger partial charge in [0, 0.05) is 18.0 Å². The van der Waals surface area contributed by atoms with E-state index >= 15 is 0 Å². The zero-order valence-electron chi connectivity index (χ0n) is 10.9. The zero-order chi connectivity index (χ0) is 14.0. The Balaban J connectivity index is 1.69. The van der Waals surface area contributed by atoms with Crippen molar-refractivity contribution in [1.82, 2.24) is 5.32 Å². The summed E-state index contributed by atoms with van der Waals surface area (Å²) in [6.45, 7) is 0.795. The van der Waals surface area contributed by atoms with Crippen LogP contribution < -0.4 is 10.0 Å². The SMILES string of the molecule is O=S(=O)(Nc1ccsc1)c1ccc(CNC2CC2)cc1. The minimum Gasteiger partial charge on any atom is -0.310 e. The van der Waals surface area contributed by atoms with Crippen LogP contribution in [0, 0.1) is 0 Å². The number of thiophene rings is 1. The highest BCUT2D eigenvalue weighted by Crippen LogP contribution is 2.21. The number of hydrogen-bond donors (Lipinski definition) is 2. The number of hydrogen-bond acceptors (Lipinski definition) is 4. The molecule has 0 amide bonds. The Morgan fingerprint density at radius 1 is 1.15 bits per heavy atom. The van der Waals surface area contributed by atoms with E-state index in [0.29, 0.717) is 16.6 Å². The molecule has 0 unspecified atom stereocenters. The van der Waals surface area contributed by atoms with Crippen LogP contribution in [0.25, 0.3) is 0 Å². The van der Waals surface area contributed by atoms with Crippen LogP contribution in [0.1, 0.15) is 18.4 Å².